The fourth-order valence-electron chi connectivity index (χ4n) is 2.77. The average Bonchev–Trinajstić information content (AvgIpc) is 2.53. The van der Waals surface area contributed by atoms with Gasteiger partial charge in [-0.1, -0.05) is 89.7 Å². The van der Waals surface area contributed by atoms with Crippen LogP contribution in [0.3, 0.4) is 0 Å². The van der Waals surface area contributed by atoms with Crippen molar-refractivity contribution >= 4 is 5.57 Å². The van der Waals surface area contributed by atoms with E-state index in [2.05, 4.69) is 89.7 Å². The maximum absolute atomic E-state index is 4.25. The van der Waals surface area contributed by atoms with E-state index in [1.54, 1.807) is 0 Å². The van der Waals surface area contributed by atoms with E-state index in [0.717, 1.165) is 12.3 Å². The van der Waals surface area contributed by atoms with Crippen molar-refractivity contribution in [2.24, 2.45) is 11.3 Å². The van der Waals surface area contributed by atoms with E-state index in [4.69, 9.17) is 0 Å². The van der Waals surface area contributed by atoms with Gasteiger partial charge in [-0.15, -0.1) is 0 Å². The van der Waals surface area contributed by atoms with Crippen LogP contribution in [0, 0.1) is 11.3 Å². The third-order valence-electron chi connectivity index (χ3n) is 4.65. The van der Waals surface area contributed by atoms with Crippen LogP contribution in [0.25, 0.3) is 5.57 Å². The summed E-state index contributed by atoms with van der Waals surface area (Å²) in [4.78, 5) is 0. The Hall–Kier alpha value is -1.82. The standard InChI is InChI=1S/C24H32/c1-18(2)7-8-20-9-11-21(12-10-20)17-22-13-15-23(16-14-22)19(3)24(4,5)6/h9-16,18H,3,7-8,17H2,1-2,4-6H3. The van der Waals surface area contributed by atoms with Gasteiger partial charge in [-0.3, -0.25) is 0 Å². The summed E-state index contributed by atoms with van der Waals surface area (Å²) in [6.07, 6.45) is 3.44. The van der Waals surface area contributed by atoms with Gasteiger partial charge in [-0.25, -0.2) is 0 Å². The van der Waals surface area contributed by atoms with Crippen LogP contribution >= 0.6 is 0 Å². The molecule has 0 atom stereocenters. The second-order valence-corrected chi connectivity index (χ2v) is 8.35. The molecule has 0 N–H and O–H groups in total. The predicted octanol–water partition coefficient (Wildman–Crippen LogP) is 6.93. The van der Waals surface area contributed by atoms with Crippen molar-refractivity contribution in [2.45, 2.75) is 53.9 Å². The molecular formula is C24H32. The Bertz CT molecular complexity index is 649. The molecule has 0 spiro atoms. The molecule has 0 aliphatic rings. The lowest BCUT2D eigenvalue weighted by atomic mass is 9.83. The molecule has 0 radical (unpaired) electrons. The smallest absolute Gasteiger partial charge is 0.00258 e. The van der Waals surface area contributed by atoms with Crippen LogP contribution in [-0.4, -0.2) is 0 Å². The number of allylic oxidation sites excluding steroid dienone is 1. The Morgan fingerprint density at radius 3 is 1.75 bits per heavy atom. The quantitative estimate of drug-likeness (QED) is 0.541. The minimum Gasteiger partial charge on any atom is -0.0947 e. The van der Waals surface area contributed by atoms with Crippen molar-refractivity contribution in [2.75, 3.05) is 0 Å². The van der Waals surface area contributed by atoms with Crippen molar-refractivity contribution in [3.63, 3.8) is 0 Å². The number of hydrogen-bond acceptors (Lipinski definition) is 0. The summed E-state index contributed by atoms with van der Waals surface area (Å²) in [5.74, 6) is 0.769. The van der Waals surface area contributed by atoms with Crippen LogP contribution in [0.4, 0.5) is 0 Å². The maximum Gasteiger partial charge on any atom is -0.00258 e. The zero-order chi connectivity index (χ0) is 17.7. The number of hydrogen-bond donors (Lipinski definition) is 0. The molecule has 0 heterocycles. The number of rotatable bonds is 6. The predicted molar refractivity (Wildman–Crippen MR) is 107 cm³/mol. The van der Waals surface area contributed by atoms with Gasteiger partial charge in [-0.05, 0) is 58.4 Å². The van der Waals surface area contributed by atoms with Gasteiger partial charge >= 0.3 is 0 Å². The minimum absolute atomic E-state index is 0.118. The second kappa shape index (κ2) is 7.83. The van der Waals surface area contributed by atoms with Crippen molar-refractivity contribution in [1.82, 2.24) is 0 Å². The molecule has 0 nitrogen and oxygen atoms in total. The van der Waals surface area contributed by atoms with E-state index in [-0.39, 0.29) is 5.41 Å². The van der Waals surface area contributed by atoms with Gasteiger partial charge in [0.25, 0.3) is 0 Å². The molecule has 2 aromatic carbocycles. The van der Waals surface area contributed by atoms with E-state index in [1.807, 2.05) is 0 Å². The first-order valence-electron chi connectivity index (χ1n) is 9.12. The summed E-state index contributed by atoms with van der Waals surface area (Å²) in [6.45, 7) is 15.5. The summed E-state index contributed by atoms with van der Waals surface area (Å²) in [5.41, 5.74) is 6.75. The molecule has 24 heavy (non-hydrogen) atoms. The van der Waals surface area contributed by atoms with Crippen molar-refractivity contribution in [1.29, 1.82) is 0 Å². The highest BCUT2D eigenvalue weighted by molar-refractivity contribution is 5.67. The molecule has 128 valence electrons. The Labute approximate surface area is 148 Å². The van der Waals surface area contributed by atoms with Crippen LogP contribution in [0.2, 0.25) is 0 Å². The van der Waals surface area contributed by atoms with Gasteiger partial charge in [-0.2, -0.15) is 0 Å². The zero-order valence-corrected chi connectivity index (χ0v) is 16.0. The van der Waals surface area contributed by atoms with Gasteiger partial charge in [0.15, 0.2) is 0 Å². The molecule has 0 aliphatic heterocycles. The summed E-state index contributed by atoms with van der Waals surface area (Å²) >= 11 is 0. The largest absolute Gasteiger partial charge is 0.0947 e. The molecule has 0 aliphatic carbocycles. The van der Waals surface area contributed by atoms with Crippen LogP contribution in [-0.2, 0) is 12.8 Å². The molecule has 0 amide bonds. The highest BCUT2D eigenvalue weighted by Crippen LogP contribution is 2.32. The fraction of sp³-hybridized carbons (Fsp3) is 0.417. The molecular weight excluding hydrogens is 288 g/mol. The summed E-state index contributed by atoms with van der Waals surface area (Å²) < 4.78 is 0. The van der Waals surface area contributed by atoms with Gasteiger partial charge < -0.3 is 0 Å². The lowest BCUT2D eigenvalue weighted by Gasteiger charge is -2.22. The van der Waals surface area contributed by atoms with Crippen LogP contribution in [0.5, 0.6) is 0 Å². The molecule has 0 saturated carbocycles. The fourth-order valence-corrected chi connectivity index (χ4v) is 2.77. The zero-order valence-electron chi connectivity index (χ0n) is 16.0. The number of aryl methyl sites for hydroxylation is 1. The van der Waals surface area contributed by atoms with Crippen molar-refractivity contribution in [3.8, 4) is 0 Å². The first-order chi connectivity index (χ1) is 11.3. The van der Waals surface area contributed by atoms with Gasteiger partial charge in [0, 0.05) is 0 Å². The topological polar surface area (TPSA) is 0 Å². The van der Waals surface area contributed by atoms with E-state index < -0.39 is 0 Å². The van der Waals surface area contributed by atoms with E-state index in [0.29, 0.717) is 0 Å². The van der Waals surface area contributed by atoms with Crippen LogP contribution < -0.4 is 0 Å². The average molecular weight is 321 g/mol. The third kappa shape index (κ3) is 5.37. The Kier molecular flexibility index (Phi) is 6.04. The molecule has 0 heteroatoms. The first-order valence-corrected chi connectivity index (χ1v) is 9.12. The first kappa shape index (κ1) is 18.5. The summed E-state index contributed by atoms with van der Waals surface area (Å²) in [5, 5.41) is 0. The highest BCUT2D eigenvalue weighted by atomic mass is 14.2. The summed E-state index contributed by atoms with van der Waals surface area (Å²) in [7, 11) is 0. The van der Waals surface area contributed by atoms with Crippen molar-refractivity contribution < 1.29 is 0 Å². The molecule has 0 fully saturated rings. The Morgan fingerprint density at radius 1 is 0.833 bits per heavy atom. The second-order valence-electron chi connectivity index (χ2n) is 8.35. The van der Waals surface area contributed by atoms with Gasteiger partial charge in [0.1, 0.15) is 0 Å². The number of benzene rings is 2. The SMILES string of the molecule is C=C(c1ccc(Cc2ccc(CCC(C)C)cc2)cc1)C(C)(C)C. The Morgan fingerprint density at radius 2 is 1.29 bits per heavy atom. The van der Waals surface area contributed by atoms with Gasteiger partial charge in [0.2, 0.25) is 0 Å². The monoisotopic (exact) mass is 320 g/mol. The lowest BCUT2D eigenvalue weighted by Crippen LogP contribution is -2.07. The highest BCUT2D eigenvalue weighted by Gasteiger charge is 2.16. The molecule has 0 aromatic heterocycles. The molecule has 0 bridgehead atoms. The molecule has 0 saturated heterocycles. The molecule has 2 aromatic rings. The van der Waals surface area contributed by atoms with Crippen molar-refractivity contribution in [3.05, 3.63) is 77.4 Å². The summed E-state index contributed by atoms with van der Waals surface area (Å²) in [6, 6.07) is 18.0. The van der Waals surface area contributed by atoms with E-state index in [1.165, 1.54) is 40.7 Å². The minimum atomic E-state index is 0.118. The van der Waals surface area contributed by atoms with Crippen LogP contribution in [0.1, 0.15) is 63.3 Å². The lowest BCUT2D eigenvalue weighted by molar-refractivity contribution is 0.568. The molecule has 0 unspecified atom stereocenters. The Balaban J connectivity index is 2.00. The van der Waals surface area contributed by atoms with E-state index >= 15 is 0 Å². The van der Waals surface area contributed by atoms with Crippen LogP contribution in [0.15, 0.2) is 55.1 Å². The normalized spacial score (nSPS) is 11.8. The van der Waals surface area contributed by atoms with E-state index in [9.17, 15) is 0 Å². The van der Waals surface area contributed by atoms with Gasteiger partial charge in [0.05, 0.1) is 0 Å². The third-order valence-corrected chi connectivity index (χ3v) is 4.65. The molecule has 2 rings (SSSR count). The maximum atomic E-state index is 4.25.